The van der Waals surface area contributed by atoms with Gasteiger partial charge in [-0.3, -0.25) is 0 Å². The predicted octanol–water partition coefficient (Wildman–Crippen LogP) is 3.97. The fourth-order valence-electron chi connectivity index (χ4n) is 1.65. The van der Waals surface area contributed by atoms with Crippen LogP contribution in [0.25, 0.3) is 0 Å². The quantitative estimate of drug-likeness (QED) is 0.481. The second-order valence-electron chi connectivity index (χ2n) is 3.90. The van der Waals surface area contributed by atoms with Gasteiger partial charge >= 0.3 is 11.5 Å². The van der Waals surface area contributed by atoms with E-state index in [1.807, 2.05) is 34.6 Å². The van der Waals surface area contributed by atoms with Crippen LogP contribution >= 0.6 is 0 Å². The van der Waals surface area contributed by atoms with Crippen molar-refractivity contribution in [3.8, 4) is 5.75 Å². The predicted molar refractivity (Wildman–Crippen MR) is 68.2 cm³/mol. The summed E-state index contributed by atoms with van der Waals surface area (Å²) in [7, 11) is 0. The third-order valence-corrected chi connectivity index (χ3v) is 3.28. The Morgan fingerprint density at radius 3 is 1.53 bits per heavy atom. The fraction of sp³-hybridized carbons (Fsp3) is 0.500. The highest BCUT2D eigenvalue weighted by Gasteiger charge is 2.15. The van der Waals surface area contributed by atoms with Gasteiger partial charge in [0.15, 0.2) is 5.75 Å². The van der Waals surface area contributed by atoms with Crippen molar-refractivity contribution in [3.05, 3.63) is 27.8 Å². The summed E-state index contributed by atoms with van der Waals surface area (Å²) in [6.07, 6.45) is 0. The van der Waals surface area contributed by atoms with Crippen molar-refractivity contribution in [3.63, 3.8) is 0 Å². The van der Waals surface area contributed by atoms with Crippen LogP contribution in [0.15, 0.2) is 0 Å². The van der Waals surface area contributed by atoms with Gasteiger partial charge in [0.1, 0.15) is 0 Å². The minimum Gasteiger partial charge on any atom is -0.320 e. The molecule has 1 aromatic carbocycles. The number of alkyl halides is 2. The molecule has 0 aliphatic rings. The van der Waals surface area contributed by atoms with E-state index in [0.717, 1.165) is 22.3 Å². The molecule has 0 amide bonds. The Morgan fingerprint density at radius 2 is 1.21 bits per heavy atom. The number of hydrogen-bond acceptors (Lipinski definition) is 3. The zero-order valence-electron chi connectivity index (χ0n) is 11.5. The molecule has 1 unspecified atom stereocenters. The number of hydrogen-bond donors (Lipinski definition) is 0. The third-order valence-electron chi connectivity index (χ3n) is 3.10. The maximum absolute atomic E-state index is 12.1. The van der Waals surface area contributed by atoms with Crippen molar-refractivity contribution >= 4 is 11.5 Å². The Kier molecular flexibility index (Phi) is 7.70. The van der Waals surface area contributed by atoms with Crippen molar-refractivity contribution in [2.75, 3.05) is 6.93 Å². The van der Waals surface area contributed by atoms with E-state index < -0.39 is 18.4 Å². The zero-order chi connectivity index (χ0) is 15.2. The molecule has 1 rings (SSSR count). The van der Waals surface area contributed by atoms with Gasteiger partial charge in [-0.25, -0.2) is 8.78 Å². The lowest BCUT2D eigenvalue weighted by atomic mass is 9.94. The Morgan fingerprint density at radius 1 is 0.895 bits per heavy atom. The zero-order valence-corrected chi connectivity index (χ0v) is 12.3. The van der Waals surface area contributed by atoms with Gasteiger partial charge in [0, 0.05) is 0 Å². The van der Waals surface area contributed by atoms with Gasteiger partial charge in [0.25, 0.3) is 0 Å². The van der Waals surface area contributed by atoms with E-state index >= 15 is 0 Å². The van der Waals surface area contributed by atoms with E-state index in [4.69, 9.17) is 4.89 Å². The molecule has 0 saturated heterocycles. The molecule has 0 spiro atoms. The molecule has 1 atom stereocenters. The molecule has 110 valence electrons. The molecule has 7 heteroatoms. The SMILES string of the molecule is Cc1c(C)c(C)c(OOS(=O)F)c(C)c1C.FCF. The van der Waals surface area contributed by atoms with Gasteiger partial charge in [0.2, 0.25) is 6.93 Å². The largest absolute Gasteiger partial charge is 0.383 e. The van der Waals surface area contributed by atoms with Gasteiger partial charge in [-0.2, -0.15) is 4.21 Å². The van der Waals surface area contributed by atoms with Crippen LogP contribution in [0.3, 0.4) is 0 Å². The summed E-state index contributed by atoms with van der Waals surface area (Å²) >= 11 is -2.92. The van der Waals surface area contributed by atoms with Crippen molar-refractivity contribution < 1.29 is 26.1 Å². The second-order valence-corrected chi connectivity index (χ2v) is 4.42. The first-order valence-electron chi connectivity index (χ1n) is 5.39. The number of benzene rings is 1. The van der Waals surface area contributed by atoms with Crippen LogP contribution in [0.1, 0.15) is 27.8 Å². The fourth-order valence-corrected chi connectivity index (χ4v) is 1.77. The first kappa shape index (κ1) is 17.9. The highest BCUT2D eigenvalue weighted by atomic mass is 32.2. The Balaban J connectivity index is 0.000000982. The van der Waals surface area contributed by atoms with Gasteiger partial charge < -0.3 is 4.89 Å². The van der Waals surface area contributed by atoms with Gasteiger partial charge in [0.05, 0.1) is 0 Å². The second kappa shape index (κ2) is 8.16. The molecule has 3 nitrogen and oxygen atoms in total. The van der Waals surface area contributed by atoms with E-state index in [1.54, 1.807) is 0 Å². The summed E-state index contributed by atoms with van der Waals surface area (Å²) < 4.78 is 45.5. The van der Waals surface area contributed by atoms with E-state index in [0.29, 0.717) is 5.75 Å². The summed E-state index contributed by atoms with van der Waals surface area (Å²) in [5.41, 5.74) is 5.03. The van der Waals surface area contributed by atoms with Gasteiger partial charge in [-0.05, 0) is 66.8 Å². The van der Waals surface area contributed by atoms with Crippen molar-refractivity contribution in [2.24, 2.45) is 0 Å². The van der Waals surface area contributed by atoms with Crippen molar-refractivity contribution in [1.29, 1.82) is 0 Å². The monoisotopic (exact) mass is 298 g/mol. The molecule has 19 heavy (non-hydrogen) atoms. The molecule has 0 fully saturated rings. The Hall–Kier alpha value is -1.08. The normalized spacial score (nSPS) is 11.6. The lowest BCUT2D eigenvalue weighted by molar-refractivity contribution is -0.0917. The summed E-state index contributed by atoms with van der Waals surface area (Å²) in [6, 6.07) is 0. The van der Waals surface area contributed by atoms with Crippen LogP contribution in [0.4, 0.5) is 12.7 Å². The van der Waals surface area contributed by atoms with Crippen LogP contribution in [0, 0.1) is 34.6 Å². The average molecular weight is 298 g/mol. The molecular formula is C12H17F3O3S. The topological polar surface area (TPSA) is 35.5 Å². The average Bonchev–Trinajstić information content (AvgIpc) is 2.34. The van der Waals surface area contributed by atoms with Crippen LogP contribution in [-0.2, 0) is 15.8 Å². The molecule has 0 bridgehead atoms. The molecule has 0 radical (unpaired) electrons. The Bertz CT molecular complexity index is 435. The highest BCUT2D eigenvalue weighted by molar-refractivity contribution is 7.74. The molecule has 1 aromatic rings. The minimum absolute atomic E-state index is 0.437. The molecular weight excluding hydrogens is 281 g/mol. The van der Waals surface area contributed by atoms with E-state index in [2.05, 4.69) is 4.33 Å². The summed E-state index contributed by atoms with van der Waals surface area (Å²) in [5.74, 6) is 0.437. The van der Waals surface area contributed by atoms with Crippen LogP contribution in [0.2, 0.25) is 0 Å². The highest BCUT2D eigenvalue weighted by Crippen LogP contribution is 2.32. The molecule has 0 aliphatic heterocycles. The lowest BCUT2D eigenvalue weighted by Gasteiger charge is -2.16. The maximum atomic E-state index is 12.1. The van der Waals surface area contributed by atoms with Crippen LogP contribution in [0.5, 0.6) is 5.75 Å². The van der Waals surface area contributed by atoms with Crippen LogP contribution in [-0.4, -0.2) is 11.1 Å². The smallest absolute Gasteiger partial charge is 0.320 e. The van der Waals surface area contributed by atoms with Crippen LogP contribution < -0.4 is 4.89 Å². The first-order valence-corrected chi connectivity index (χ1v) is 6.37. The van der Waals surface area contributed by atoms with E-state index in [9.17, 15) is 16.9 Å². The van der Waals surface area contributed by atoms with Crippen molar-refractivity contribution in [1.82, 2.24) is 0 Å². The minimum atomic E-state index is -2.92. The maximum Gasteiger partial charge on any atom is 0.383 e. The summed E-state index contributed by atoms with van der Waals surface area (Å²) in [4.78, 5) is 4.77. The van der Waals surface area contributed by atoms with Crippen molar-refractivity contribution in [2.45, 2.75) is 34.6 Å². The third kappa shape index (κ3) is 4.83. The van der Waals surface area contributed by atoms with E-state index in [1.165, 1.54) is 5.56 Å². The summed E-state index contributed by atoms with van der Waals surface area (Å²) in [5, 5.41) is 0. The van der Waals surface area contributed by atoms with Gasteiger partial charge in [-0.1, -0.05) is 0 Å². The van der Waals surface area contributed by atoms with E-state index in [-0.39, 0.29) is 0 Å². The molecule has 0 heterocycles. The summed E-state index contributed by atoms with van der Waals surface area (Å²) in [6.45, 7) is 7.89. The number of rotatable bonds is 3. The first-order chi connectivity index (χ1) is 8.77. The Labute approximate surface area is 113 Å². The molecule has 0 saturated carbocycles. The molecule has 0 aliphatic carbocycles. The molecule has 0 aromatic heterocycles. The lowest BCUT2D eigenvalue weighted by Crippen LogP contribution is -2.04. The van der Waals surface area contributed by atoms with Gasteiger partial charge in [-0.15, -0.1) is 3.89 Å². The number of halogens is 3. The molecule has 0 N–H and O–H groups in total. The standard InChI is InChI=1S/C11H15FO3S.CH2F2/c1-6-7(2)9(4)11(10(5)8(6)3)14-15-16(12)13;2-1-3/h1-5H3;1H2.